The molecule has 0 amide bonds. The van der Waals surface area contributed by atoms with Crippen molar-refractivity contribution in [3.05, 3.63) is 154 Å². The molecule has 5 aromatic rings. The zero-order valence-electron chi connectivity index (χ0n) is 36.7. The van der Waals surface area contributed by atoms with Gasteiger partial charge >= 0.3 is 13.4 Å². The van der Waals surface area contributed by atoms with Gasteiger partial charge in [0.1, 0.15) is 40.7 Å². The Balaban J connectivity index is 1.26. The monoisotopic (exact) mass is 900 g/mol. The fraction of sp³-hybridized carbons (Fsp3) is 0.383. The normalized spacial score (nSPS) is 20.0. The highest BCUT2D eigenvalue weighted by Crippen LogP contribution is 2.53. The highest BCUT2D eigenvalue weighted by atomic mass is 32.2. The van der Waals surface area contributed by atoms with Crippen LogP contribution >= 0.6 is 19.5 Å². The first-order valence-electron chi connectivity index (χ1n) is 20.7. The molecule has 14 nitrogen and oxygen atoms in total. The number of rotatable bonds is 20. The number of aliphatic hydroxyl groups excluding tert-OH is 1. The van der Waals surface area contributed by atoms with Gasteiger partial charge in [0, 0.05) is 23.9 Å². The molecule has 2 unspecified atom stereocenters. The lowest BCUT2D eigenvalue weighted by molar-refractivity contribution is -0.118. The van der Waals surface area contributed by atoms with Gasteiger partial charge in [-0.1, -0.05) is 117 Å². The summed E-state index contributed by atoms with van der Waals surface area (Å²) in [4.78, 5) is 31.2. The number of anilines is 1. The van der Waals surface area contributed by atoms with Crippen LogP contribution in [0.3, 0.4) is 0 Å². The van der Waals surface area contributed by atoms with Crippen LogP contribution in [0.5, 0.6) is 11.5 Å². The van der Waals surface area contributed by atoms with E-state index in [-0.39, 0.29) is 29.8 Å². The number of benzene rings is 4. The first-order valence-corrected chi connectivity index (χ1v) is 23.2. The minimum Gasteiger partial charge on any atom is -0.497 e. The van der Waals surface area contributed by atoms with Gasteiger partial charge in [0.2, 0.25) is 0 Å². The van der Waals surface area contributed by atoms with E-state index in [0.29, 0.717) is 17.9 Å². The smallest absolute Gasteiger partial charge is 0.408 e. The van der Waals surface area contributed by atoms with E-state index in [2.05, 4.69) is 10.3 Å². The van der Waals surface area contributed by atoms with E-state index in [4.69, 9.17) is 23.3 Å². The van der Waals surface area contributed by atoms with Crippen LogP contribution in [0.2, 0.25) is 0 Å². The van der Waals surface area contributed by atoms with Crippen molar-refractivity contribution in [2.45, 2.75) is 70.2 Å². The van der Waals surface area contributed by atoms with Crippen LogP contribution in [-0.2, 0) is 35.2 Å². The van der Waals surface area contributed by atoms with Crippen molar-refractivity contribution >= 4 is 30.4 Å². The molecule has 0 bridgehead atoms. The molecule has 63 heavy (non-hydrogen) atoms. The Kier molecular flexibility index (Phi) is 15.4. The first kappa shape index (κ1) is 47.6. The van der Waals surface area contributed by atoms with Crippen molar-refractivity contribution in [3.63, 3.8) is 0 Å². The average Bonchev–Trinajstić information content (AvgIpc) is 3.52. The Bertz CT molecular complexity index is 2340. The summed E-state index contributed by atoms with van der Waals surface area (Å²) in [6.07, 6.45) is -2.13. The maximum absolute atomic E-state index is 14.5. The first-order chi connectivity index (χ1) is 30.1. The fourth-order valence-electron chi connectivity index (χ4n) is 7.28. The number of aliphatic hydroxyl groups is 2. The lowest BCUT2D eigenvalue weighted by Gasteiger charge is -2.37. The summed E-state index contributed by atoms with van der Waals surface area (Å²) in [5.74, 6) is 1.78. The van der Waals surface area contributed by atoms with Gasteiger partial charge in [-0.2, -0.15) is 4.98 Å². The van der Waals surface area contributed by atoms with Gasteiger partial charge in [-0.25, -0.2) is 14.0 Å². The van der Waals surface area contributed by atoms with Gasteiger partial charge < -0.3 is 29.7 Å². The van der Waals surface area contributed by atoms with Crippen molar-refractivity contribution in [3.8, 4) is 11.5 Å². The molecule has 5 atom stereocenters. The number of carbonyl (C=O) groups excluding carboxylic acids is 1. The maximum atomic E-state index is 14.5. The van der Waals surface area contributed by atoms with Crippen LogP contribution in [0, 0.1) is 5.41 Å². The van der Waals surface area contributed by atoms with Crippen molar-refractivity contribution in [1.29, 1.82) is 0 Å². The van der Waals surface area contributed by atoms with E-state index in [9.17, 15) is 24.4 Å². The minimum absolute atomic E-state index is 0.00344. The second kappa shape index (κ2) is 20.3. The molecular formula is C47H57N4O10PS. The third-order valence-electron chi connectivity index (χ3n) is 11.5. The molecule has 3 N–H and O–H groups in total. The van der Waals surface area contributed by atoms with E-state index in [0.717, 1.165) is 38.6 Å². The topological polar surface area (TPSA) is 171 Å². The summed E-state index contributed by atoms with van der Waals surface area (Å²) in [7, 11) is 0.701. The van der Waals surface area contributed by atoms with Crippen LogP contribution in [0.25, 0.3) is 0 Å². The quantitative estimate of drug-likeness (QED) is 0.0396. The number of nitrogens with zero attached hydrogens (tertiary/aromatic N) is 3. The third-order valence-corrected chi connectivity index (χ3v) is 14.6. The Labute approximate surface area is 373 Å². The van der Waals surface area contributed by atoms with E-state index in [1.54, 1.807) is 27.3 Å². The van der Waals surface area contributed by atoms with E-state index in [1.165, 1.54) is 17.8 Å². The van der Waals surface area contributed by atoms with Crippen LogP contribution in [-0.4, -0.2) is 87.6 Å². The summed E-state index contributed by atoms with van der Waals surface area (Å²) >= 11 is 1.10. The predicted octanol–water partition coefficient (Wildman–Crippen LogP) is 7.64. The number of ether oxygens (including phenoxy) is 3. The van der Waals surface area contributed by atoms with Crippen LogP contribution in [0.1, 0.15) is 62.6 Å². The Morgan fingerprint density at radius 2 is 1.46 bits per heavy atom. The summed E-state index contributed by atoms with van der Waals surface area (Å²) in [5, 5.41) is 26.7. The number of aromatic nitrogens is 2. The average molecular weight is 901 g/mol. The molecule has 0 spiro atoms. The summed E-state index contributed by atoms with van der Waals surface area (Å²) in [6.45, 7) is 6.71. The molecule has 4 aromatic carbocycles. The number of carbonyl (C=O) groups is 1. The Morgan fingerprint density at radius 3 is 2.00 bits per heavy atom. The molecule has 0 radical (unpaired) electrons. The van der Waals surface area contributed by atoms with Crippen LogP contribution in [0.4, 0.5) is 5.82 Å². The largest absolute Gasteiger partial charge is 0.497 e. The van der Waals surface area contributed by atoms with Crippen molar-refractivity contribution in [2.24, 2.45) is 5.41 Å². The standard InChI is InChI=1S/C47H57N4O10PS/c1-8-45(2,3)43(53)63-30-29-59-62(56,50(5)31-33-15-11-9-12-16-33)60-32-39-41(52)46(4,55)42(61-39)51-28-27-40(48-44(51)54)49-47(34-17-13-10-14-18-34,35-19-23-37(57-6)24-20-35)36-21-25-38(58-7)26-22-36/h9-28,39,41-42,52,55H,8,29-32H2,1-7H3,(H,48,49,54)/t39-,41?,42-,46+,62?/m1/s1. The molecule has 0 aliphatic carbocycles. The van der Waals surface area contributed by atoms with E-state index in [1.807, 2.05) is 130 Å². The van der Waals surface area contributed by atoms with Gasteiger partial charge in [-0.05, 0) is 73.0 Å². The van der Waals surface area contributed by atoms with Crippen molar-refractivity contribution in [1.82, 2.24) is 14.2 Å². The van der Waals surface area contributed by atoms with Crippen molar-refractivity contribution in [2.75, 3.05) is 45.6 Å². The predicted molar refractivity (Wildman–Crippen MR) is 244 cm³/mol. The molecule has 1 aromatic heterocycles. The molecule has 1 aliphatic heterocycles. The SMILES string of the molecule is CCC(C)(C)C(=O)SCCOP(=O)(OC[C@H]1O[C@@H](n2ccc(NC(c3ccccc3)(c3ccc(OC)cc3)c3ccc(OC)cc3)nc2=O)[C@@](C)(O)C1O)N(C)Cc1ccccc1. The van der Waals surface area contributed by atoms with Crippen molar-refractivity contribution < 1.29 is 42.8 Å². The number of hydrogen-bond donors (Lipinski definition) is 3. The van der Waals surface area contributed by atoms with E-state index < -0.39 is 55.0 Å². The molecule has 1 saturated heterocycles. The van der Waals surface area contributed by atoms with Gasteiger partial charge in [0.15, 0.2) is 11.3 Å². The number of thioether (sulfide) groups is 1. The molecule has 0 saturated carbocycles. The molecule has 16 heteroatoms. The molecular weight excluding hydrogens is 844 g/mol. The molecule has 1 aliphatic rings. The van der Waals surface area contributed by atoms with Gasteiger partial charge in [0.05, 0.1) is 27.4 Å². The number of methoxy groups -OCH3 is 2. The molecule has 1 fully saturated rings. The van der Waals surface area contributed by atoms with E-state index >= 15 is 0 Å². The fourth-order valence-corrected chi connectivity index (χ4v) is 9.75. The van der Waals surface area contributed by atoms with Gasteiger partial charge in [-0.15, -0.1) is 0 Å². The third kappa shape index (κ3) is 10.6. The number of nitrogens with one attached hydrogen (secondary N) is 1. The second-order valence-electron chi connectivity index (χ2n) is 16.2. The minimum atomic E-state index is -4.09. The molecule has 2 heterocycles. The van der Waals surface area contributed by atoms with Gasteiger partial charge in [0.25, 0.3) is 0 Å². The summed E-state index contributed by atoms with van der Waals surface area (Å²) in [5.41, 5.74) is -1.05. The number of hydrogen-bond acceptors (Lipinski definition) is 13. The highest BCUT2D eigenvalue weighted by Gasteiger charge is 2.54. The lowest BCUT2D eigenvalue weighted by Crippen LogP contribution is -2.46. The lowest BCUT2D eigenvalue weighted by atomic mass is 9.77. The van der Waals surface area contributed by atoms with Crippen LogP contribution in [0.15, 0.2) is 126 Å². The zero-order valence-corrected chi connectivity index (χ0v) is 38.4. The second-order valence-corrected chi connectivity index (χ2v) is 19.4. The summed E-state index contributed by atoms with van der Waals surface area (Å²) in [6, 6.07) is 35.9. The van der Waals surface area contributed by atoms with Gasteiger partial charge in [-0.3, -0.25) is 18.4 Å². The van der Waals surface area contributed by atoms with Crippen LogP contribution < -0.4 is 20.5 Å². The zero-order chi connectivity index (χ0) is 45.4. The maximum Gasteiger partial charge on any atom is 0.408 e. The highest BCUT2D eigenvalue weighted by molar-refractivity contribution is 8.13. The molecule has 336 valence electrons. The molecule has 6 rings (SSSR count). The summed E-state index contributed by atoms with van der Waals surface area (Å²) < 4.78 is 46.0. The Hall–Kier alpha value is -4.83. The Morgan fingerprint density at radius 1 is 0.905 bits per heavy atom.